The first-order valence-electron chi connectivity index (χ1n) is 5.39. The lowest BCUT2D eigenvalue weighted by Crippen LogP contribution is -2.06. The average Bonchev–Trinajstić information content (AvgIpc) is 2.40. The van der Waals surface area contributed by atoms with Crippen molar-refractivity contribution in [3.63, 3.8) is 0 Å². The molecule has 2 N–H and O–H groups in total. The Bertz CT molecular complexity index is 720. The number of aromatic amines is 1. The van der Waals surface area contributed by atoms with Crippen LogP contribution >= 0.6 is 0 Å². The molecule has 0 radical (unpaired) electrons. The highest BCUT2D eigenvalue weighted by atomic mass is 32.3. The lowest BCUT2D eigenvalue weighted by atomic mass is 10.1. The Labute approximate surface area is 110 Å². The van der Waals surface area contributed by atoms with Gasteiger partial charge < -0.3 is 9.87 Å². The van der Waals surface area contributed by atoms with Crippen molar-refractivity contribution < 1.29 is 22.1 Å². The molecular formula is C12H12N2O4S. The Morgan fingerprint density at radius 2 is 2.05 bits per heavy atom. The van der Waals surface area contributed by atoms with Crippen molar-refractivity contribution in [1.82, 2.24) is 0 Å². The molecule has 0 aliphatic carbocycles. The maximum Gasteiger partial charge on any atom is 0.217 e. The maximum atomic E-state index is 9.22. The van der Waals surface area contributed by atoms with Gasteiger partial charge in [-0.05, 0) is 17.7 Å². The SMILES string of the molecule is C1=Cc2cc[nH+]c3cccc(c23)N1.COS(=O)(=O)[O-]. The number of nitrogens with one attached hydrogen (secondary N) is 2. The molecule has 2 heterocycles. The molecule has 7 heteroatoms. The summed E-state index contributed by atoms with van der Waals surface area (Å²) in [6.07, 6.45) is 6.03. The molecule has 0 spiro atoms. The number of anilines is 1. The van der Waals surface area contributed by atoms with Crippen molar-refractivity contribution in [2.45, 2.75) is 0 Å². The molecule has 0 atom stereocenters. The maximum absolute atomic E-state index is 9.22. The summed E-state index contributed by atoms with van der Waals surface area (Å²) in [5, 5.41) is 4.50. The van der Waals surface area contributed by atoms with Crippen LogP contribution in [0.15, 0.2) is 36.7 Å². The minimum absolute atomic E-state index is 0.808. The Balaban J connectivity index is 0.000000192. The summed E-state index contributed by atoms with van der Waals surface area (Å²) in [7, 11) is -3.60. The van der Waals surface area contributed by atoms with Crippen molar-refractivity contribution in [1.29, 1.82) is 0 Å². The molecule has 6 nitrogen and oxygen atoms in total. The molecular weight excluding hydrogens is 268 g/mol. The van der Waals surface area contributed by atoms with Crippen LogP contribution < -0.4 is 10.3 Å². The number of aromatic nitrogens is 1. The lowest BCUT2D eigenvalue weighted by Gasteiger charge is -2.09. The molecule has 1 aliphatic rings. The first kappa shape index (κ1) is 13.5. The van der Waals surface area contributed by atoms with Crippen LogP contribution in [0.4, 0.5) is 5.69 Å². The van der Waals surface area contributed by atoms with Gasteiger partial charge in [0.2, 0.25) is 15.9 Å². The zero-order valence-electron chi connectivity index (χ0n) is 10.1. The fraction of sp³-hybridized carbons (Fsp3) is 0.0833. The molecule has 19 heavy (non-hydrogen) atoms. The van der Waals surface area contributed by atoms with Crippen LogP contribution in [-0.2, 0) is 14.6 Å². The van der Waals surface area contributed by atoms with Gasteiger partial charge in [-0.2, -0.15) is 0 Å². The first-order chi connectivity index (χ1) is 9.01. The first-order valence-corrected chi connectivity index (χ1v) is 6.72. The van der Waals surface area contributed by atoms with Gasteiger partial charge in [-0.25, -0.2) is 13.4 Å². The Morgan fingerprint density at radius 3 is 2.74 bits per heavy atom. The summed E-state index contributed by atoms with van der Waals surface area (Å²) in [6, 6.07) is 8.31. The molecule has 0 amide bonds. The van der Waals surface area contributed by atoms with E-state index in [1.54, 1.807) is 0 Å². The second kappa shape index (κ2) is 5.35. The van der Waals surface area contributed by atoms with Gasteiger partial charge in [0.15, 0.2) is 6.20 Å². The monoisotopic (exact) mass is 280 g/mol. The molecule has 3 rings (SSSR count). The van der Waals surface area contributed by atoms with Crippen LogP contribution in [0.3, 0.4) is 0 Å². The van der Waals surface area contributed by atoms with Crippen LogP contribution in [0.1, 0.15) is 5.56 Å². The summed E-state index contributed by atoms with van der Waals surface area (Å²) in [5.74, 6) is 0. The van der Waals surface area contributed by atoms with Crippen LogP contribution in [0.5, 0.6) is 0 Å². The van der Waals surface area contributed by atoms with E-state index in [2.05, 4.69) is 38.8 Å². The summed E-state index contributed by atoms with van der Waals surface area (Å²) in [6.45, 7) is 0. The summed E-state index contributed by atoms with van der Waals surface area (Å²) < 4.78 is 31.0. The Hall–Kier alpha value is -1.96. The largest absolute Gasteiger partial charge is 0.726 e. The minimum atomic E-state index is -4.41. The van der Waals surface area contributed by atoms with E-state index in [0.29, 0.717) is 0 Å². The van der Waals surface area contributed by atoms with E-state index < -0.39 is 10.4 Å². The third kappa shape index (κ3) is 3.28. The van der Waals surface area contributed by atoms with Crippen molar-refractivity contribution in [2.24, 2.45) is 0 Å². The average molecular weight is 280 g/mol. The number of benzene rings is 1. The van der Waals surface area contributed by atoms with Gasteiger partial charge in [0.25, 0.3) is 0 Å². The van der Waals surface area contributed by atoms with E-state index in [1.807, 2.05) is 18.5 Å². The highest BCUT2D eigenvalue weighted by Crippen LogP contribution is 2.27. The number of rotatable bonds is 1. The highest BCUT2D eigenvalue weighted by Gasteiger charge is 2.10. The van der Waals surface area contributed by atoms with E-state index in [1.165, 1.54) is 22.2 Å². The minimum Gasteiger partial charge on any atom is -0.726 e. The predicted molar refractivity (Wildman–Crippen MR) is 69.9 cm³/mol. The molecule has 1 aromatic heterocycles. The normalized spacial score (nSPS) is 12.5. The van der Waals surface area contributed by atoms with Gasteiger partial charge in [0, 0.05) is 18.3 Å². The molecule has 1 aromatic carbocycles. The van der Waals surface area contributed by atoms with Crippen molar-refractivity contribution >= 4 is 33.1 Å². The fourth-order valence-electron chi connectivity index (χ4n) is 1.77. The topological polar surface area (TPSA) is 92.6 Å². The van der Waals surface area contributed by atoms with Gasteiger partial charge in [-0.1, -0.05) is 6.07 Å². The third-order valence-corrected chi connectivity index (χ3v) is 2.97. The van der Waals surface area contributed by atoms with Gasteiger partial charge in [-0.15, -0.1) is 0 Å². The van der Waals surface area contributed by atoms with Crippen LogP contribution in [0.2, 0.25) is 0 Å². The third-order valence-electron chi connectivity index (χ3n) is 2.56. The molecule has 1 aliphatic heterocycles. The van der Waals surface area contributed by atoms with Crippen LogP contribution in [-0.4, -0.2) is 20.1 Å². The molecule has 0 fully saturated rings. The van der Waals surface area contributed by atoms with E-state index in [-0.39, 0.29) is 0 Å². The second-order valence-electron chi connectivity index (χ2n) is 3.71. The molecule has 0 bridgehead atoms. The van der Waals surface area contributed by atoms with Gasteiger partial charge in [0.05, 0.1) is 18.2 Å². The standard InChI is InChI=1S/C11H8N2.CH4O4S/c1-2-9-11-8(4-6-12-9)5-7-13-10(11)3-1;1-5-6(2,3)4/h1-7,12H;1H3,(H,2,3,4). The summed E-state index contributed by atoms with van der Waals surface area (Å²) in [4.78, 5) is 3.23. The quantitative estimate of drug-likeness (QED) is 0.624. The van der Waals surface area contributed by atoms with E-state index >= 15 is 0 Å². The predicted octanol–water partition coefficient (Wildman–Crippen LogP) is 1.14. The number of pyridine rings is 1. The van der Waals surface area contributed by atoms with Gasteiger partial charge in [-0.3, -0.25) is 4.18 Å². The highest BCUT2D eigenvalue weighted by molar-refractivity contribution is 7.80. The fourth-order valence-corrected chi connectivity index (χ4v) is 1.77. The lowest BCUT2D eigenvalue weighted by molar-refractivity contribution is -0.344. The number of H-pyrrole nitrogens is 1. The van der Waals surface area contributed by atoms with Gasteiger partial charge >= 0.3 is 0 Å². The zero-order valence-corrected chi connectivity index (χ0v) is 10.9. The van der Waals surface area contributed by atoms with E-state index in [0.717, 1.165) is 7.11 Å². The zero-order chi connectivity index (χ0) is 13.9. The van der Waals surface area contributed by atoms with Gasteiger partial charge in [0.1, 0.15) is 0 Å². The number of hydrogen-bond acceptors (Lipinski definition) is 5. The molecule has 0 saturated carbocycles. The van der Waals surface area contributed by atoms with Crippen LogP contribution in [0.25, 0.3) is 17.0 Å². The van der Waals surface area contributed by atoms with E-state index in [9.17, 15) is 13.0 Å². The van der Waals surface area contributed by atoms with Crippen molar-refractivity contribution in [2.75, 3.05) is 12.4 Å². The van der Waals surface area contributed by atoms with Crippen LogP contribution in [0, 0.1) is 0 Å². The van der Waals surface area contributed by atoms with E-state index in [4.69, 9.17) is 0 Å². The number of hydrogen-bond donors (Lipinski definition) is 1. The second-order valence-corrected chi connectivity index (χ2v) is 4.86. The summed E-state index contributed by atoms with van der Waals surface area (Å²) in [5.41, 5.74) is 3.61. The Morgan fingerprint density at radius 1 is 1.32 bits per heavy atom. The van der Waals surface area contributed by atoms with Crippen molar-refractivity contribution in [3.8, 4) is 0 Å². The van der Waals surface area contributed by atoms with Crippen molar-refractivity contribution in [3.05, 3.63) is 42.2 Å². The molecule has 0 saturated heterocycles. The molecule has 0 unspecified atom stereocenters. The Kier molecular flexibility index (Phi) is 3.79. The molecule has 2 aromatic rings. The molecule has 100 valence electrons. The smallest absolute Gasteiger partial charge is 0.217 e. The summed E-state index contributed by atoms with van der Waals surface area (Å²) >= 11 is 0.